The zero-order valence-corrected chi connectivity index (χ0v) is 14.8. The van der Waals surface area contributed by atoms with Crippen molar-refractivity contribution >= 4 is 34.8 Å². The van der Waals surface area contributed by atoms with E-state index in [1.165, 1.54) is 0 Å². The number of hydrogen-bond donors (Lipinski definition) is 1. The van der Waals surface area contributed by atoms with Crippen LogP contribution in [0.5, 0.6) is 5.75 Å². The number of carbonyl (C=O) groups is 1. The van der Waals surface area contributed by atoms with Gasteiger partial charge in [0.1, 0.15) is 5.75 Å². The molecule has 2 aromatic rings. The lowest BCUT2D eigenvalue weighted by Crippen LogP contribution is -2.32. The van der Waals surface area contributed by atoms with Gasteiger partial charge in [-0.2, -0.15) is 0 Å². The van der Waals surface area contributed by atoms with Crippen molar-refractivity contribution in [1.82, 2.24) is 0 Å². The van der Waals surface area contributed by atoms with Crippen LogP contribution >= 0.6 is 23.2 Å². The van der Waals surface area contributed by atoms with Gasteiger partial charge in [-0.3, -0.25) is 4.79 Å². The maximum absolute atomic E-state index is 12.5. The van der Waals surface area contributed by atoms with Crippen LogP contribution in [0.25, 0.3) is 0 Å². The van der Waals surface area contributed by atoms with E-state index in [4.69, 9.17) is 27.9 Å². The van der Waals surface area contributed by atoms with Gasteiger partial charge in [0.25, 0.3) is 5.91 Å². The van der Waals surface area contributed by atoms with Crippen LogP contribution in [0.3, 0.4) is 0 Å². The van der Waals surface area contributed by atoms with Gasteiger partial charge in [-0.1, -0.05) is 36.2 Å². The van der Waals surface area contributed by atoms with Gasteiger partial charge in [-0.05, 0) is 61.7 Å². The molecule has 0 spiro atoms. The largest absolute Gasteiger partial charge is 0.481 e. The molecule has 5 heteroatoms. The predicted molar refractivity (Wildman–Crippen MR) is 95.7 cm³/mol. The van der Waals surface area contributed by atoms with Crippen molar-refractivity contribution in [2.24, 2.45) is 0 Å². The van der Waals surface area contributed by atoms with E-state index in [-0.39, 0.29) is 5.91 Å². The summed E-state index contributed by atoms with van der Waals surface area (Å²) in [6.07, 6.45) is -0.0402. The van der Waals surface area contributed by atoms with E-state index in [1.807, 2.05) is 32.9 Å². The molecule has 0 radical (unpaired) electrons. The molecular formula is C18H19Cl2NO2. The molecule has 0 saturated heterocycles. The first-order valence-corrected chi connectivity index (χ1v) is 8.16. The second-order valence-corrected chi connectivity index (χ2v) is 6.22. The number of halogens is 2. The molecule has 0 saturated carbocycles. The fourth-order valence-corrected chi connectivity index (χ4v) is 2.41. The van der Waals surface area contributed by atoms with Crippen molar-refractivity contribution in [2.75, 3.05) is 5.32 Å². The fraction of sp³-hybridized carbons (Fsp3) is 0.278. The van der Waals surface area contributed by atoms with Crippen molar-refractivity contribution in [3.05, 3.63) is 57.6 Å². The zero-order valence-electron chi connectivity index (χ0n) is 13.3. The van der Waals surface area contributed by atoms with E-state index >= 15 is 0 Å². The number of nitrogens with one attached hydrogen (secondary N) is 1. The molecule has 1 N–H and O–H groups in total. The van der Waals surface area contributed by atoms with Crippen LogP contribution < -0.4 is 10.1 Å². The molecule has 0 bridgehead atoms. The first-order chi connectivity index (χ1) is 10.9. The maximum Gasteiger partial charge on any atom is 0.265 e. The minimum atomic E-state index is -0.589. The van der Waals surface area contributed by atoms with E-state index < -0.39 is 6.10 Å². The lowest BCUT2D eigenvalue weighted by atomic mass is 10.2. The third-order valence-electron chi connectivity index (χ3n) is 3.53. The maximum atomic E-state index is 12.5. The Morgan fingerprint density at radius 2 is 1.87 bits per heavy atom. The molecule has 0 heterocycles. The Kier molecular flexibility index (Phi) is 5.91. The predicted octanol–water partition coefficient (Wildman–Crippen LogP) is 5.41. The Morgan fingerprint density at radius 1 is 1.13 bits per heavy atom. The number of hydrogen-bond acceptors (Lipinski definition) is 2. The highest BCUT2D eigenvalue weighted by atomic mass is 35.5. The average molecular weight is 352 g/mol. The molecule has 23 heavy (non-hydrogen) atoms. The molecule has 122 valence electrons. The quantitative estimate of drug-likeness (QED) is 0.782. The van der Waals surface area contributed by atoms with Crippen LogP contribution in [0, 0.1) is 13.8 Å². The monoisotopic (exact) mass is 351 g/mol. The van der Waals surface area contributed by atoms with Crippen molar-refractivity contribution in [2.45, 2.75) is 33.3 Å². The van der Waals surface area contributed by atoms with Gasteiger partial charge in [0.05, 0.1) is 0 Å². The molecule has 2 rings (SSSR count). The normalized spacial score (nSPS) is 11.9. The van der Waals surface area contributed by atoms with Gasteiger partial charge in [0.15, 0.2) is 6.10 Å². The second-order valence-electron chi connectivity index (χ2n) is 5.37. The number of anilines is 1. The van der Waals surface area contributed by atoms with Gasteiger partial charge >= 0.3 is 0 Å². The summed E-state index contributed by atoms with van der Waals surface area (Å²) < 4.78 is 5.80. The van der Waals surface area contributed by atoms with Crippen molar-refractivity contribution in [3.63, 3.8) is 0 Å². The van der Waals surface area contributed by atoms with Crippen LogP contribution in [0.1, 0.15) is 24.5 Å². The lowest BCUT2D eigenvalue weighted by molar-refractivity contribution is -0.122. The molecule has 0 unspecified atom stereocenters. The molecule has 1 atom stereocenters. The topological polar surface area (TPSA) is 38.3 Å². The van der Waals surface area contributed by atoms with E-state index in [2.05, 4.69) is 5.32 Å². The first kappa shape index (κ1) is 17.6. The Labute approximate surface area is 146 Å². The highest BCUT2D eigenvalue weighted by Gasteiger charge is 2.19. The van der Waals surface area contributed by atoms with Gasteiger partial charge in [0, 0.05) is 15.7 Å². The van der Waals surface area contributed by atoms with Crippen molar-refractivity contribution in [3.8, 4) is 5.75 Å². The molecular weight excluding hydrogens is 333 g/mol. The third-order valence-corrected chi connectivity index (χ3v) is 4.19. The van der Waals surface area contributed by atoms with Gasteiger partial charge in [0.2, 0.25) is 0 Å². The average Bonchev–Trinajstić information content (AvgIpc) is 2.51. The highest BCUT2D eigenvalue weighted by molar-refractivity contribution is 6.31. The zero-order chi connectivity index (χ0) is 17.0. The minimum Gasteiger partial charge on any atom is -0.481 e. The highest BCUT2D eigenvalue weighted by Crippen LogP contribution is 2.24. The van der Waals surface area contributed by atoms with Crippen LogP contribution in [0.15, 0.2) is 36.4 Å². The van der Waals surface area contributed by atoms with Crippen LogP contribution in [0.2, 0.25) is 10.0 Å². The Hall–Kier alpha value is -1.71. The second kappa shape index (κ2) is 7.71. The number of benzene rings is 2. The molecule has 0 aliphatic heterocycles. The number of aryl methyl sites for hydroxylation is 2. The van der Waals surface area contributed by atoms with E-state index in [9.17, 15) is 4.79 Å². The molecule has 0 aromatic heterocycles. The van der Waals surface area contributed by atoms with Crippen molar-refractivity contribution in [1.29, 1.82) is 0 Å². The van der Waals surface area contributed by atoms with Gasteiger partial charge in [-0.25, -0.2) is 0 Å². The number of ether oxygens (including phenoxy) is 1. The summed E-state index contributed by atoms with van der Waals surface area (Å²) >= 11 is 12.0. The number of amides is 1. The standard InChI is InChI=1S/C18H19Cl2NO2/c1-4-17(23-14-7-8-15(20)12(3)9-14)18(22)21-16-10-13(19)6-5-11(16)2/h5-10,17H,4H2,1-3H3,(H,21,22)/t17-/m0/s1. The third kappa shape index (κ3) is 4.63. The van der Waals surface area contributed by atoms with Crippen LogP contribution in [0.4, 0.5) is 5.69 Å². The van der Waals surface area contributed by atoms with E-state index in [0.29, 0.717) is 27.9 Å². The van der Waals surface area contributed by atoms with E-state index in [1.54, 1.807) is 24.3 Å². The van der Waals surface area contributed by atoms with Gasteiger partial charge < -0.3 is 10.1 Å². The van der Waals surface area contributed by atoms with Crippen molar-refractivity contribution < 1.29 is 9.53 Å². The molecule has 0 aliphatic rings. The number of rotatable bonds is 5. The molecule has 0 fully saturated rings. The van der Waals surface area contributed by atoms with Crippen LogP contribution in [-0.4, -0.2) is 12.0 Å². The summed E-state index contributed by atoms with van der Waals surface area (Å²) in [4.78, 5) is 12.5. The Balaban J connectivity index is 2.11. The molecule has 3 nitrogen and oxygen atoms in total. The first-order valence-electron chi connectivity index (χ1n) is 7.40. The summed E-state index contributed by atoms with van der Waals surface area (Å²) in [6.45, 7) is 5.71. The molecule has 1 amide bonds. The number of carbonyl (C=O) groups excluding carboxylic acids is 1. The SMILES string of the molecule is CC[C@H](Oc1ccc(Cl)c(C)c1)C(=O)Nc1cc(Cl)ccc1C. The minimum absolute atomic E-state index is 0.203. The molecule has 2 aromatic carbocycles. The van der Waals surface area contributed by atoms with Gasteiger partial charge in [-0.15, -0.1) is 0 Å². The summed E-state index contributed by atoms with van der Waals surface area (Å²) in [5, 5.41) is 4.12. The summed E-state index contributed by atoms with van der Waals surface area (Å²) in [5.74, 6) is 0.419. The summed E-state index contributed by atoms with van der Waals surface area (Å²) in [5.41, 5.74) is 2.54. The summed E-state index contributed by atoms with van der Waals surface area (Å²) in [6, 6.07) is 10.7. The molecule has 0 aliphatic carbocycles. The smallest absolute Gasteiger partial charge is 0.265 e. The van der Waals surface area contributed by atoms with Crippen LogP contribution in [-0.2, 0) is 4.79 Å². The fourth-order valence-electron chi connectivity index (χ4n) is 2.12. The summed E-state index contributed by atoms with van der Waals surface area (Å²) in [7, 11) is 0. The Morgan fingerprint density at radius 3 is 2.52 bits per heavy atom. The Bertz CT molecular complexity index is 716. The van der Waals surface area contributed by atoms with E-state index in [0.717, 1.165) is 11.1 Å². The lowest BCUT2D eigenvalue weighted by Gasteiger charge is -2.18.